The minimum absolute atomic E-state index is 0.122. The second-order valence-corrected chi connectivity index (χ2v) is 7.13. The Morgan fingerprint density at radius 3 is 2.68 bits per heavy atom. The molecule has 148 valence electrons. The first-order valence-electron chi connectivity index (χ1n) is 9.80. The Balaban J connectivity index is 1.72. The van der Waals surface area contributed by atoms with Gasteiger partial charge in [-0.25, -0.2) is 15.0 Å². The Morgan fingerprint density at radius 1 is 1.29 bits per heavy atom. The molecule has 0 spiro atoms. The normalized spacial score (nSPS) is 14.9. The van der Waals surface area contributed by atoms with Gasteiger partial charge in [-0.3, -0.25) is 9.48 Å². The van der Waals surface area contributed by atoms with Gasteiger partial charge in [0.05, 0.1) is 11.8 Å². The van der Waals surface area contributed by atoms with Gasteiger partial charge in [0.25, 0.3) is 0 Å². The standard InChI is InChI=1S/C19H26N8O/c1-5-14(19(28)26-8-7-9-26)23-16-15-18(21-11-20-16)25(4)17(24-15)13-10-22-27(6-2)12(13)3/h10-11,14H,5-9H2,1-4H3,(H,20,21,23)/t14-/m0/s1. The summed E-state index contributed by atoms with van der Waals surface area (Å²) in [5.41, 5.74) is 3.42. The van der Waals surface area contributed by atoms with Crippen LogP contribution in [0.1, 0.15) is 32.4 Å². The zero-order chi connectivity index (χ0) is 19.8. The van der Waals surface area contributed by atoms with Crippen molar-refractivity contribution in [3.63, 3.8) is 0 Å². The number of fused-ring (bicyclic) bond motifs is 1. The number of anilines is 1. The van der Waals surface area contributed by atoms with Crippen LogP contribution in [0.3, 0.4) is 0 Å². The third-order valence-corrected chi connectivity index (χ3v) is 5.48. The van der Waals surface area contributed by atoms with Gasteiger partial charge >= 0.3 is 0 Å². The Bertz CT molecular complexity index is 1020. The number of hydrogen-bond acceptors (Lipinski definition) is 6. The van der Waals surface area contributed by atoms with Crippen LogP contribution in [-0.2, 0) is 18.4 Å². The molecule has 9 nitrogen and oxygen atoms in total. The number of amides is 1. The van der Waals surface area contributed by atoms with Crippen LogP contribution in [0.5, 0.6) is 0 Å². The number of likely N-dealkylation sites (tertiary alicyclic amines) is 1. The van der Waals surface area contributed by atoms with Crippen molar-refractivity contribution in [2.75, 3.05) is 18.4 Å². The van der Waals surface area contributed by atoms with Gasteiger partial charge in [0.1, 0.15) is 18.2 Å². The smallest absolute Gasteiger partial charge is 0.245 e. The fourth-order valence-corrected chi connectivity index (χ4v) is 3.59. The molecule has 1 fully saturated rings. The number of nitrogens with one attached hydrogen (secondary N) is 1. The molecule has 28 heavy (non-hydrogen) atoms. The Hall–Kier alpha value is -2.97. The van der Waals surface area contributed by atoms with Gasteiger partial charge in [0.15, 0.2) is 17.0 Å². The molecule has 0 aromatic carbocycles. The van der Waals surface area contributed by atoms with E-state index in [4.69, 9.17) is 4.98 Å². The predicted molar refractivity (Wildman–Crippen MR) is 107 cm³/mol. The Morgan fingerprint density at radius 2 is 2.07 bits per heavy atom. The van der Waals surface area contributed by atoms with Crippen molar-refractivity contribution < 1.29 is 4.79 Å². The summed E-state index contributed by atoms with van der Waals surface area (Å²) in [5.74, 6) is 1.50. The lowest BCUT2D eigenvalue weighted by atomic mass is 10.1. The first-order valence-corrected chi connectivity index (χ1v) is 9.80. The van der Waals surface area contributed by atoms with E-state index in [0.717, 1.165) is 48.8 Å². The van der Waals surface area contributed by atoms with Crippen molar-refractivity contribution in [3.05, 3.63) is 18.2 Å². The highest BCUT2D eigenvalue weighted by Gasteiger charge is 2.28. The summed E-state index contributed by atoms with van der Waals surface area (Å²) in [5, 5.41) is 7.73. The molecule has 1 N–H and O–H groups in total. The van der Waals surface area contributed by atoms with Crippen molar-refractivity contribution in [1.29, 1.82) is 0 Å². The summed E-state index contributed by atoms with van der Waals surface area (Å²) in [6, 6.07) is -0.312. The second kappa shape index (κ2) is 7.21. The summed E-state index contributed by atoms with van der Waals surface area (Å²) in [6.45, 7) is 8.58. The number of imidazole rings is 1. The van der Waals surface area contributed by atoms with Crippen molar-refractivity contribution in [3.8, 4) is 11.4 Å². The van der Waals surface area contributed by atoms with Crippen LogP contribution in [-0.4, -0.2) is 59.2 Å². The molecule has 3 aromatic rings. The number of nitrogens with zero attached hydrogens (tertiary/aromatic N) is 7. The third-order valence-electron chi connectivity index (χ3n) is 5.48. The lowest BCUT2D eigenvalue weighted by Crippen LogP contribution is -2.49. The van der Waals surface area contributed by atoms with Crippen LogP contribution in [0.15, 0.2) is 12.5 Å². The van der Waals surface area contributed by atoms with E-state index >= 15 is 0 Å². The highest BCUT2D eigenvalue weighted by atomic mass is 16.2. The molecule has 0 aliphatic carbocycles. The first-order chi connectivity index (χ1) is 13.5. The molecule has 0 bridgehead atoms. The maximum absolute atomic E-state index is 12.7. The van der Waals surface area contributed by atoms with E-state index in [2.05, 4.69) is 27.3 Å². The Labute approximate surface area is 163 Å². The molecule has 1 amide bonds. The van der Waals surface area contributed by atoms with Crippen molar-refractivity contribution >= 4 is 22.9 Å². The lowest BCUT2D eigenvalue weighted by molar-refractivity contribution is -0.135. The van der Waals surface area contributed by atoms with E-state index in [1.165, 1.54) is 6.33 Å². The molecule has 9 heteroatoms. The summed E-state index contributed by atoms with van der Waals surface area (Å²) in [6.07, 6.45) is 5.11. The van der Waals surface area contributed by atoms with Gasteiger partial charge in [0.2, 0.25) is 5.91 Å². The maximum atomic E-state index is 12.7. The fourth-order valence-electron chi connectivity index (χ4n) is 3.59. The van der Waals surface area contributed by atoms with Crippen LogP contribution in [0.25, 0.3) is 22.6 Å². The average Bonchev–Trinajstić information content (AvgIpc) is 3.18. The summed E-state index contributed by atoms with van der Waals surface area (Å²) in [4.78, 5) is 28.1. The van der Waals surface area contributed by atoms with Gasteiger partial charge in [-0.1, -0.05) is 6.92 Å². The zero-order valence-corrected chi connectivity index (χ0v) is 16.8. The number of aryl methyl sites for hydroxylation is 2. The molecule has 4 heterocycles. The van der Waals surface area contributed by atoms with E-state index in [0.29, 0.717) is 17.8 Å². The summed E-state index contributed by atoms with van der Waals surface area (Å²) < 4.78 is 3.89. The molecule has 1 aliphatic rings. The number of carbonyl (C=O) groups is 1. The number of aromatic nitrogens is 6. The van der Waals surface area contributed by atoms with E-state index in [-0.39, 0.29) is 11.9 Å². The molecular weight excluding hydrogens is 356 g/mol. The number of rotatable bonds is 6. The van der Waals surface area contributed by atoms with Crippen molar-refractivity contribution in [2.24, 2.45) is 7.05 Å². The average molecular weight is 382 g/mol. The fraction of sp³-hybridized carbons (Fsp3) is 0.526. The van der Waals surface area contributed by atoms with Gasteiger partial charge in [-0.05, 0) is 26.7 Å². The zero-order valence-electron chi connectivity index (χ0n) is 16.8. The monoisotopic (exact) mass is 382 g/mol. The lowest BCUT2D eigenvalue weighted by Gasteiger charge is -2.34. The molecule has 1 saturated heterocycles. The topological polar surface area (TPSA) is 93.8 Å². The molecular formula is C19H26N8O. The Kier molecular flexibility index (Phi) is 4.74. The van der Waals surface area contributed by atoms with Crippen LogP contribution in [0, 0.1) is 6.92 Å². The van der Waals surface area contributed by atoms with Crippen LogP contribution < -0.4 is 5.32 Å². The minimum Gasteiger partial charge on any atom is -0.356 e. The van der Waals surface area contributed by atoms with E-state index in [1.54, 1.807) is 0 Å². The predicted octanol–water partition coefficient (Wildman–Crippen LogP) is 1.98. The molecule has 0 unspecified atom stereocenters. The third kappa shape index (κ3) is 2.90. The van der Waals surface area contributed by atoms with Gasteiger partial charge in [0, 0.05) is 32.4 Å². The molecule has 0 radical (unpaired) electrons. The first kappa shape index (κ1) is 18.4. The summed E-state index contributed by atoms with van der Waals surface area (Å²) in [7, 11) is 1.94. The van der Waals surface area contributed by atoms with Crippen molar-refractivity contribution in [2.45, 2.75) is 46.2 Å². The van der Waals surface area contributed by atoms with Crippen LogP contribution in [0.2, 0.25) is 0 Å². The molecule has 0 saturated carbocycles. The van der Waals surface area contributed by atoms with Gasteiger partial charge < -0.3 is 14.8 Å². The highest BCUT2D eigenvalue weighted by Crippen LogP contribution is 2.28. The minimum atomic E-state index is -0.312. The molecule has 3 aromatic heterocycles. The van der Waals surface area contributed by atoms with E-state index in [9.17, 15) is 4.79 Å². The van der Waals surface area contributed by atoms with Crippen LogP contribution in [0.4, 0.5) is 5.82 Å². The highest BCUT2D eigenvalue weighted by molar-refractivity contribution is 5.90. The van der Waals surface area contributed by atoms with Gasteiger partial charge in [-0.15, -0.1) is 0 Å². The molecule has 1 aliphatic heterocycles. The molecule has 1 atom stereocenters. The van der Waals surface area contributed by atoms with Crippen LogP contribution >= 0.6 is 0 Å². The largest absolute Gasteiger partial charge is 0.356 e. The number of carbonyl (C=O) groups excluding carboxylic acids is 1. The molecule has 4 rings (SSSR count). The van der Waals surface area contributed by atoms with Gasteiger partial charge in [-0.2, -0.15) is 5.10 Å². The van der Waals surface area contributed by atoms with E-state index in [1.807, 2.05) is 41.2 Å². The SMILES string of the molecule is CC[C@H](Nc1ncnc2c1nc(-c1cnn(CC)c1C)n2C)C(=O)N1CCC1. The second-order valence-electron chi connectivity index (χ2n) is 7.13. The maximum Gasteiger partial charge on any atom is 0.245 e. The summed E-state index contributed by atoms with van der Waals surface area (Å²) >= 11 is 0. The quantitative estimate of drug-likeness (QED) is 0.701. The van der Waals surface area contributed by atoms with Crippen molar-refractivity contribution in [1.82, 2.24) is 34.2 Å². The number of hydrogen-bond donors (Lipinski definition) is 1. The van der Waals surface area contributed by atoms with E-state index < -0.39 is 0 Å².